The van der Waals surface area contributed by atoms with Gasteiger partial charge in [-0.3, -0.25) is 9.59 Å². The van der Waals surface area contributed by atoms with Crippen LogP contribution in [0.15, 0.2) is 66.7 Å². The third kappa shape index (κ3) is 4.15. The van der Waals surface area contributed by atoms with Crippen LogP contribution in [-0.2, 0) is 4.79 Å². The molecule has 0 saturated carbocycles. The van der Waals surface area contributed by atoms with Crippen molar-refractivity contribution in [1.29, 1.82) is 0 Å². The smallest absolute Gasteiger partial charge is 0.258 e. The first-order chi connectivity index (χ1) is 15.3. The van der Waals surface area contributed by atoms with Gasteiger partial charge in [0.1, 0.15) is 0 Å². The highest BCUT2D eigenvalue weighted by atomic mass is 35.5. The van der Waals surface area contributed by atoms with Crippen LogP contribution in [0.3, 0.4) is 0 Å². The van der Waals surface area contributed by atoms with Gasteiger partial charge in [-0.25, -0.2) is 0 Å². The Labute approximate surface area is 194 Å². The number of rotatable bonds is 3. The molecular weight excluding hydrogens is 420 g/mol. The Morgan fingerprint density at radius 1 is 0.938 bits per heavy atom. The van der Waals surface area contributed by atoms with Crippen molar-refractivity contribution in [3.8, 4) is 0 Å². The lowest BCUT2D eigenvalue weighted by molar-refractivity contribution is -0.117. The minimum absolute atomic E-state index is 0.0244. The molecule has 3 aromatic carbocycles. The molecule has 0 N–H and O–H groups in total. The predicted octanol–water partition coefficient (Wildman–Crippen LogP) is 6.49. The molecule has 1 aliphatic heterocycles. The topological polar surface area (TPSA) is 40.6 Å². The molecule has 3 aromatic rings. The summed E-state index contributed by atoms with van der Waals surface area (Å²) in [6.07, 6.45) is 0.635. The van der Waals surface area contributed by atoms with Crippen LogP contribution in [0.1, 0.15) is 53.4 Å². The minimum atomic E-state index is -0.179. The van der Waals surface area contributed by atoms with Crippen LogP contribution in [0, 0.1) is 13.8 Å². The Bertz CT molecular complexity index is 1160. The second-order valence-corrected chi connectivity index (χ2v) is 9.01. The van der Waals surface area contributed by atoms with Crippen LogP contribution in [0.4, 0.5) is 11.4 Å². The number of fused-ring (bicyclic) bond motifs is 1. The van der Waals surface area contributed by atoms with Crippen LogP contribution in [0.2, 0.25) is 5.02 Å². The van der Waals surface area contributed by atoms with Crippen LogP contribution < -0.4 is 9.80 Å². The summed E-state index contributed by atoms with van der Waals surface area (Å²) in [6, 6.07) is 20.9. The van der Waals surface area contributed by atoms with Crippen LogP contribution >= 0.6 is 11.6 Å². The van der Waals surface area contributed by atoms with Crippen LogP contribution in [-0.4, -0.2) is 17.9 Å². The van der Waals surface area contributed by atoms with E-state index in [-0.39, 0.29) is 23.9 Å². The summed E-state index contributed by atoms with van der Waals surface area (Å²) in [6.45, 7) is 7.65. The molecule has 2 amide bonds. The highest BCUT2D eigenvalue weighted by Crippen LogP contribution is 2.43. The maximum absolute atomic E-state index is 13.5. The molecule has 32 heavy (non-hydrogen) atoms. The van der Waals surface area contributed by atoms with E-state index in [4.69, 9.17) is 11.6 Å². The third-order valence-electron chi connectivity index (χ3n) is 6.08. The average Bonchev–Trinajstić information content (AvgIpc) is 2.75. The summed E-state index contributed by atoms with van der Waals surface area (Å²) < 4.78 is 0. The molecule has 0 bridgehead atoms. The summed E-state index contributed by atoms with van der Waals surface area (Å²) in [4.78, 5) is 30.0. The highest BCUT2D eigenvalue weighted by Gasteiger charge is 2.38. The van der Waals surface area contributed by atoms with Crippen molar-refractivity contribution >= 4 is 34.8 Å². The largest absolute Gasteiger partial charge is 0.305 e. The number of hydrogen-bond donors (Lipinski definition) is 0. The van der Waals surface area contributed by atoms with Gasteiger partial charge in [-0.05, 0) is 80.8 Å². The van der Waals surface area contributed by atoms with E-state index in [0.29, 0.717) is 17.0 Å². The molecular formula is C27H27ClN2O2. The van der Waals surface area contributed by atoms with Gasteiger partial charge in [0, 0.05) is 34.9 Å². The number of carbonyl (C=O) groups is 2. The van der Waals surface area contributed by atoms with Crippen LogP contribution in [0.25, 0.3) is 0 Å². The van der Waals surface area contributed by atoms with Gasteiger partial charge in [0.2, 0.25) is 5.91 Å². The fraction of sp³-hybridized carbons (Fsp3) is 0.259. The first kappa shape index (κ1) is 22.1. The molecule has 0 fully saturated rings. The summed E-state index contributed by atoms with van der Waals surface area (Å²) in [5.41, 5.74) is 5.47. The van der Waals surface area contributed by atoms with E-state index < -0.39 is 0 Å². The van der Waals surface area contributed by atoms with Crippen molar-refractivity contribution in [3.63, 3.8) is 0 Å². The summed E-state index contributed by atoms with van der Waals surface area (Å²) in [5.74, 6) is -0.0713. The Hall–Kier alpha value is -3.11. The van der Waals surface area contributed by atoms with Gasteiger partial charge in [0.25, 0.3) is 5.91 Å². The molecule has 0 unspecified atom stereocenters. The first-order valence-electron chi connectivity index (χ1n) is 10.8. The molecule has 2 atom stereocenters. The van der Waals surface area contributed by atoms with Gasteiger partial charge < -0.3 is 9.80 Å². The van der Waals surface area contributed by atoms with Gasteiger partial charge in [0.05, 0.1) is 6.04 Å². The van der Waals surface area contributed by atoms with Crippen molar-refractivity contribution in [2.75, 3.05) is 9.80 Å². The van der Waals surface area contributed by atoms with Gasteiger partial charge >= 0.3 is 0 Å². The predicted molar refractivity (Wildman–Crippen MR) is 131 cm³/mol. The van der Waals surface area contributed by atoms with Gasteiger partial charge in [-0.15, -0.1) is 0 Å². The number of nitrogens with zero attached hydrogens (tertiary/aromatic N) is 2. The summed E-state index contributed by atoms with van der Waals surface area (Å²) in [5, 5.41) is 0.625. The Kier molecular flexibility index (Phi) is 6.07. The van der Waals surface area contributed by atoms with Gasteiger partial charge in [-0.1, -0.05) is 41.4 Å². The second-order valence-electron chi connectivity index (χ2n) is 8.57. The van der Waals surface area contributed by atoms with E-state index in [9.17, 15) is 9.59 Å². The lowest BCUT2D eigenvalue weighted by atomic mass is 9.88. The Balaban J connectivity index is 1.81. The zero-order valence-corrected chi connectivity index (χ0v) is 19.6. The highest BCUT2D eigenvalue weighted by molar-refractivity contribution is 6.30. The molecule has 0 radical (unpaired) electrons. The lowest BCUT2D eigenvalue weighted by Gasteiger charge is -2.43. The van der Waals surface area contributed by atoms with E-state index in [1.165, 1.54) is 0 Å². The molecule has 4 rings (SSSR count). The summed E-state index contributed by atoms with van der Waals surface area (Å²) >= 11 is 6.08. The molecule has 0 saturated heterocycles. The van der Waals surface area contributed by atoms with Crippen molar-refractivity contribution in [2.24, 2.45) is 0 Å². The number of anilines is 2. The Morgan fingerprint density at radius 3 is 2.19 bits per heavy atom. The van der Waals surface area contributed by atoms with Crippen molar-refractivity contribution in [3.05, 3.63) is 94.0 Å². The molecule has 1 heterocycles. The lowest BCUT2D eigenvalue weighted by Crippen LogP contribution is -2.47. The molecule has 0 aliphatic carbocycles. The van der Waals surface area contributed by atoms with Crippen molar-refractivity contribution in [1.82, 2.24) is 0 Å². The summed E-state index contributed by atoms with van der Waals surface area (Å²) in [7, 11) is 0. The molecule has 1 aliphatic rings. The third-order valence-corrected chi connectivity index (χ3v) is 6.33. The fourth-order valence-corrected chi connectivity index (χ4v) is 4.64. The number of aryl methyl sites for hydroxylation is 2. The van der Waals surface area contributed by atoms with Gasteiger partial charge in [-0.2, -0.15) is 0 Å². The number of amides is 2. The molecule has 164 valence electrons. The zero-order chi connectivity index (χ0) is 23.0. The van der Waals surface area contributed by atoms with E-state index in [2.05, 4.69) is 0 Å². The second kappa shape index (κ2) is 8.79. The minimum Gasteiger partial charge on any atom is -0.305 e. The zero-order valence-electron chi connectivity index (χ0n) is 18.8. The SMILES string of the molecule is CC(=O)N(c1ccc(Cl)cc1)[C@@H]1C[C@H](C)N(C(=O)c2ccc(C)cc2)c2cc(C)ccc21. The molecule has 0 spiro atoms. The number of hydrogen-bond acceptors (Lipinski definition) is 2. The molecule has 5 heteroatoms. The van der Waals surface area contributed by atoms with Gasteiger partial charge in [0.15, 0.2) is 0 Å². The van der Waals surface area contributed by atoms with Crippen LogP contribution in [0.5, 0.6) is 0 Å². The van der Waals surface area contributed by atoms with E-state index in [1.807, 2.05) is 85.2 Å². The van der Waals surface area contributed by atoms with E-state index in [0.717, 1.165) is 28.1 Å². The normalized spacial score (nSPS) is 17.6. The first-order valence-corrected chi connectivity index (χ1v) is 11.2. The van der Waals surface area contributed by atoms with E-state index >= 15 is 0 Å². The average molecular weight is 447 g/mol. The standard InChI is InChI=1S/C27H27ClN2O2/c1-17-5-8-21(9-6-17)27(32)29-19(3)16-26(24-14-7-18(2)15-25(24)29)30(20(4)31)23-12-10-22(28)11-13-23/h5-15,19,26H,16H2,1-4H3/t19-,26+/m0/s1. The monoisotopic (exact) mass is 446 g/mol. The number of carbonyl (C=O) groups excluding carboxylic acids is 2. The Morgan fingerprint density at radius 2 is 1.56 bits per heavy atom. The maximum Gasteiger partial charge on any atom is 0.258 e. The molecule has 4 nitrogen and oxygen atoms in total. The number of halogens is 1. The maximum atomic E-state index is 13.5. The van der Waals surface area contributed by atoms with Crippen molar-refractivity contribution < 1.29 is 9.59 Å². The molecule has 0 aromatic heterocycles. The fourth-order valence-electron chi connectivity index (χ4n) is 4.51. The van der Waals surface area contributed by atoms with Crippen molar-refractivity contribution in [2.45, 2.75) is 46.2 Å². The quantitative estimate of drug-likeness (QED) is 0.461. The number of benzene rings is 3. The van der Waals surface area contributed by atoms with E-state index in [1.54, 1.807) is 19.1 Å².